The molecule has 3 aliphatic rings. The number of amides is 2. The minimum atomic E-state index is -3.23. The van der Waals surface area contributed by atoms with E-state index in [1.54, 1.807) is 19.0 Å². The molecule has 39 heavy (non-hydrogen) atoms. The van der Waals surface area contributed by atoms with Crippen molar-refractivity contribution in [3.8, 4) is 0 Å². The van der Waals surface area contributed by atoms with E-state index in [0.29, 0.717) is 49.1 Å². The van der Waals surface area contributed by atoms with Gasteiger partial charge in [-0.05, 0) is 86.3 Å². The van der Waals surface area contributed by atoms with Gasteiger partial charge in [0.1, 0.15) is 0 Å². The first kappa shape index (κ1) is 29.1. The lowest BCUT2D eigenvalue weighted by Gasteiger charge is -2.40. The first-order valence-electron chi connectivity index (χ1n) is 13.9. The molecule has 2 aliphatic heterocycles. The fourth-order valence-electron chi connectivity index (χ4n) is 6.03. The number of ether oxygens (including phenoxy) is 1. The van der Waals surface area contributed by atoms with Crippen molar-refractivity contribution in [3.05, 3.63) is 53.3 Å². The van der Waals surface area contributed by atoms with Gasteiger partial charge in [0, 0.05) is 57.9 Å². The molecule has 2 fully saturated rings. The molecule has 1 aromatic rings. The highest BCUT2D eigenvalue weighted by molar-refractivity contribution is 5.94. The number of anilines is 1. The minimum Gasteiger partial charge on any atom is -0.501 e. The molecule has 9 heteroatoms. The number of benzene rings is 1. The second-order valence-electron chi connectivity index (χ2n) is 11.2. The van der Waals surface area contributed by atoms with Crippen molar-refractivity contribution < 1.29 is 28.2 Å². The van der Waals surface area contributed by atoms with Gasteiger partial charge in [-0.15, -0.1) is 0 Å². The molecule has 214 valence electrons. The van der Waals surface area contributed by atoms with Crippen LogP contribution in [0.1, 0.15) is 55.3 Å². The highest BCUT2D eigenvalue weighted by Crippen LogP contribution is 2.36. The molecule has 0 aromatic heterocycles. The molecular weight excluding hydrogens is 504 g/mol. The summed E-state index contributed by atoms with van der Waals surface area (Å²) in [5.41, 5.74) is -1.11. The Morgan fingerprint density at radius 3 is 2.18 bits per heavy atom. The monoisotopic (exact) mass is 545 g/mol. The number of hydrogen-bond donors (Lipinski definition) is 1. The zero-order valence-corrected chi connectivity index (χ0v) is 23.2. The first-order chi connectivity index (χ1) is 18.6. The molecule has 0 radical (unpaired) electrons. The van der Waals surface area contributed by atoms with Gasteiger partial charge in [-0.1, -0.05) is 6.08 Å². The van der Waals surface area contributed by atoms with Crippen LogP contribution in [-0.2, 0) is 9.53 Å². The maximum Gasteiger partial charge on any atom is 0.280 e. The van der Waals surface area contributed by atoms with E-state index in [4.69, 9.17) is 4.74 Å². The van der Waals surface area contributed by atoms with Crippen molar-refractivity contribution in [1.29, 1.82) is 0 Å². The van der Waals surface area contributed by atoms with Crippen LogP contribution in [0, 0.1) is 11.8 Å². The number of carbonyl (C=O) groups excluding carboxylic acids is 2. The van der Waals surface area contributed by atoms with Gasteiger partial charge < -0.3 is 24.5 Å². The largest absolute Gasteiger partial charge is 0.501 e. The molecule has 2 heterocycles. The van der Waals surface area contributed by atoms with E-state index in [9.17, 15) is 23.5 Å². The van der Waals surface area contributed by atoms with E-state index in [0.717, 1.165) is 50.9 Å². The molecule has 0 saturated carbocycles. The number of hydrogen-bond acceptors (Lipinski definition) is 5. The predicted octanol–water partition coefficient (Wildman–Crippen LogP) is 4.48. The Labute approximate surface area is 230 Å². The lowest BCUT2D eigenvalue weighted by molar-refractivity contribution is -0.162. The number of likely N-dealkylation sites (tertiary alicyclic amines) is 1. The average Bonchev–Trinajstić information content (AvgIpc) is 2.96. The fraction of sp³-hybridized carbons (Fsp3) is 0.600. The number of rotatable bonds is 8. The van der Waals surface area contributed by atoms with Crippen molar-refractivity contribution in [2.75, 3.05) is 52.3 Å². The Kier molecular flexibility index (Phi) is 9.31. The quantitative estimate of drug-likeness (QED) is 0.522. The molecule has 0 bridgehead atoms. The first-order valence-corrected chi connectivity index (χ1v) is 13.9. The Hall–Kier alpha value is -2.94. The van der Waals surface area contributed by atoms with Gasteiger partial charge in [0.25, 0.3) is 18.2 Å². The molecule has 2 saturated heterocycles. The zero-order valence-electron chi connectivity index (χ0n) is 23.2. The third-order valence-corrected chi connectivity index (χ3v) is 8.48. The topological polar surface area (TPSA) is 73.3 Å². The number of halogens is 2. The van der Waals surface area contributed by atoms with Crippen molar-refractivity contribution in [3.63, 3.8) is 0 Å². The fourth-order valence-corrected chi connectivity index (χ4v) is 6.03. The number of allylic oxidation sites excluding steroid dienone is 2. The maximum absolute atomic E-state index is 14.1. The number of piperidine rings is 2. The predicted molar refractivity (Wildman–Crippen MR) is 147 cm³/mol. The Balaban J connectivity index is 1.26. The van der Waals surface area contributed by atoms with Gasteiger partial charge in [-0.3, -0.25) is 9.59 Å². The molecule has 1 aliphatic carbocycles. The molecule has 0 spiro atoms. The lowest BCUT2D eigenvalue weighted by atomic mass is 9.82. The highest BCUT2D eigenvalue weighted by Gasteiger charge is 2.51. The van der Waals surface area contributed by atoms with Gasteiger partial charge in [0.15, 0.2) is 0 Å². The van der Waals surface area contributed by atoms with E-state index in [1.807, 2.05) is 24.3 Å². The molecule has 4 rings (SSSR count). The van der Waals surface area contributed by atoms with Gasteiger partial charge in [0.2, 0.25) is 5.60 Å². The van der Waals surface area contributed by atoms with E-state index >= 15 is 0 Å². The highest BCUT2D eigenvalue weighted by atomic mass is 19.3. The van der Waals surface area contributed by atoms with Gasteiger partial charge >= 0.3 is 0 Å². The van der Waals surface area contributed by atoms with E-state index in [-0.39, 0.29) is 11.5 Å². The summed E-state index contributed by atoms with van der Waals surface area (Å²) >= 11 is 0. The smallest absolute Gasteiger partial charge is 0.280 e. The summed E-state index contributed by atoms with van der Waals surface area (Å²) in [5, 5.41) is 10.9. The van der Waals surface area contributed by atoms with Crippen LogP contribution in [0.25, 0.3) is 0 Å². The summed E-state index contributed by atoms with van der Waals surface area (Å²) in [6, 6.07) is 7.79. The number of carbonyl (C=O) groups is 2. The zero-order chi connectivity index (χ0) is 28.2. The van der Waals surface area contributed by atoms with E-state index in [2.05, 4.69) is 4.90 Å². The number of aliphatic hydroxyl groups is 1. The number of nitrogens with zero attached hydrogens (tertiary/aromatic N) is 3. The minimum absolute atomic E-state index is 0.00460. The Morgan fingerprint density at radius 1 is 1.05 bits per heavy atom. The van der Waals surface area contributed by atoms with Gasteiger partial charge in [-0.25, -0.2) is 8.78 Å². The Bertz CT molecular complexity index is 1070. The molecule has 2 amide bonds. The van der Waals surface area contributed by atoms with Crippen LogP contribution in [-0.4, -0.2) is 86.1 Å². The summed E-state index contributed by atoms with van der Waals surface area (Å²) in [5.74, 6) is 0.597. The molecule has 7 nitrogen and oxygen atoms in total. The Morgan fingerprint density at radius 2 is 1.64 bits per heavy atom. The normalized spacial score (nSPS) is 20.8. The SMILES string of the molecule is COC1=CC([C@@](O)(C(=O)N2CCC(CC3CCN(c4ccc(C(=O)N(C)C)cc4)CC3)CC2)C(F)F)=CCC1. The third kappa shape index (κ3) is 6.45. The second-order valence-corrected chi connectivity index (χ2v) is 11.2. The van der Waals surface area contributed by atoms with Crippen molar-refractivity contribution in [2.45, 2.75) is 57.0 Å². The average molecular weight is 546 g/mol. The van der Waals surface area contributed by atoms with Crippen molar-refractivity contribution in [1.82, 2.24) is 9.80 Å². The van der Waals surface area contributed by atoms with E-state index < -0.39 is 17.9 Å². The van der Waals surface area contributed by atoms with Crippen LogP contribution in [0.3, 0.4) is 0 Å². The standard InChI is InChI=1S/C30H41F2N3O4/c1-33(2)27(36)23-7-9-25(10-8-23)34-15-11-21(12-16-34)19-22-13-17-35(18-14-22)29(37)30(38,28(31)32)24-5-4-6-26(20-24)39-3/h5,7-10,20-22,28,38H,4,6,11-19H2,1-3H3/t30-/m0/s1. The molecule has 0 unspecified atom stereocenters. The summed E-state index contributed by atoms with van der Waals surface area (Å²) in [6.07, 6.45) is 5.40. The van der Waals surface area contributed by atoms with Gasteiger partial charge in [0.05, 0.1) is 12.9 Å². The summed E-state index contributed by atoms with van der Waals surface area (Å²) < 4.78 is 33.4. The van der Waals surface area contributed by atoms with Crippen LogP contribution in [0.2, 0.25) is 0 Å². The second kappa shape index (κ2) is 12.5. The van der Waals surface area contributed by atoms with Crippen molar-refractivity contribution >= 4 is 17.5 Å². The van der Waals surface area contributed by atoms with E-state index in [1.165, 1.54) is 24.2 Å². The lowest BCUT2D eigenvalue weighted by Crippen LogP contribution is -2.56. The molecule has 1 N–H and O–H groups in total. The summed E-state index contributed by atoms with van der Waals surface area (Å²) in [6.45, 7) is 2.67. The van der Waals surface area contributed by atoms with Crippen LogP contribution < -0.4 is 4.90 Å². The molecular formula is C30H41F2N3O4. The number of alkyl halides is 2. The maximum atomic E-state index is 14.1. The van der Waals surface area contributed by atoms with Crippen LogP contribution in [0.15, 0.2) is 47.7 Å². The van der Waals surface area contributed by atoms with Crippen LogP contribution >= 0.6 is 0 Å². The molecule has 1 aromatic carbocycles. The van der Waals surface area contributed by atoms with Crippen molar-refractivity contribution in [2.24, 2.45) is 11.8 Å². The van der Waals surface area contributed by atoms with Crippen LogP contribution in [0.4, 0.5) is 14.5 Å². The molecule has 1 atom stereocenters. The van der Waals surface area contributed by atoms with Gasteiger partial charge in [-0.2, -0.15) is 0 Å². The third-order valence-electron chi connectivity index (χ3n) is 8.48. The van der Waals surface area contributed by atoms with Crippen LogP contribution in [0.5, 0.6) is 0 Å². The summed E-state index contributed by atoms with van der Waals surface area (Å²) in [4.78, 5) is 30.6. The summed E-state index contributed by atoms with van der Waals surface area (Å²) in [7, 11) is 4.95. The number of methoxy groups -OCH3 is 1.